The molecule has 0 amide bonds. The standard InChI is InChI=1S/C13H10.2C10H8/c1-3-7-12-10(5-1)9-11-6-2-4-8-13(11)12;2*1-2-6-10-8-4-3-7-9(10)5-1/h1-8H,9H2;2*1-8H. The monoisotopic (exact) mass is 422 g/mol. The molecule has 0 aromatic heterocycles. The van der Waals surface area contributed by atoms with Crippen molar-refractivity contribution in [1.82, 2.24) is 0 Å². The number of fused-ring (bicyclic) bond motifs is 5. The van der Waals surface area contributed by atoms with Crippen LogP contribution >= 0.6 is 0 Å². The van der Waals surface area contributed by atoms with Crippen LogP contribution in [0.25, 0.3) is 32.7 Å². The molecule has 33 heavy (non-hydrogen) atoms. The van der Waals surface area contributed by atoms with Crippen LogP contribution in [0.15, 0.2) is 146 Å². The first kappa shape index (κ1) is 20.7. The Balaban J connectivity index is 0.000000105. The topological polar surface area (TPSA) is 0 Å². The van der Waals surface area contributed by atoms with Crippen molar-refractivity contribution in [3.05, 3.63) is 157 Å². The molecule has 1 aliphatic rings. The van der Waals surface area contributed by atoms with Crippen molar-refractivity contribution in [3.63, 3.8) is 0 Å². The van der Waals surface area contributed by atoms with E-state index >= 15 is 0 Å². The minimum absolute atomic E-state index is 1.10. The van der Waals surface area contributed by atoms with Gasteiger partial charge in [0.05, 0.1) is 0 Å². The first-order chi connectivity index (χ1) is 16.4. The van der Waals surface area contributed by atoms with E-state index in [0.29, 0.717) is 0 Å². The predicted molar refractivity (Wildman–Crippen MR) is 143 cm³/mol. The average Bonchev–Trinajstić information content (AvgIpc) is 3.28. The Bertz CT molecular complexity index is 1250. The zero-order valence-electron chi connectivity index (χ0n) is 18.6. The number of hydrogen-bond acceptors (Lipinski definition) is 0. The van der Waals surface area contributed by atoms with E-state index in [-0.39, 0.29) is 0 Å². The molecule has 0 spiro atoms. The van der Waals surface area contributed by atoms with Crippen molar-refractivity contribution in [2.75, 3.05) is 0 Å². The summed E-state index contributed by atoms with van der Waals surface area (Å²) in [5.41, 5.74) is 5.75. The molecule has 0 N–H and O–H groups in total. The van der Waals surface area contributed by atoms with Gasteiger partial charge in [-0.25, -0.2) is 0 Å². The van der Waals surface area contributed by atoms with Gasteiger partial charge in [0.2, 0.25) is 0 Å². The maximum Gasteiger partial charge on any atom is -0.00135 e. The van der Waals surface area contributed by atoms with Gasteiger partial charge in [-0.2, -0.15) is 0 Å². The SMILES string of the molecule is c1ccc2c(c1)Cc1ccccc1-2.c1ccc2ccccc2c1.c1ccc2ccccc2c1. The van der Waals surface area contributed by atoms with Gasteiger partial charge in [-0.1, -0.05) is 146 Å². The summed E-state index contributed by atoms with van der Waals surface area (Å²) in [7, 11) is 0. The van der Waals surface area contributed by atoms with Gasteiger partial charge in [0.1, 0.15) is 0 Å². The molecule has 0 saturated heterocycles. The summed E-state index contributed by atoms with van der Waals surface area (Å²) >= 11 is 0. The van der Waals surface area contributed by atoms with Crippen LogP contribution < -0.4 is 0 Å². The molecule has 0 bridgehead atoms. The number of benzene rings is 6. The van der Waals surface area contributed by atoms with Gasteiger partial charge < -0.3 is 0 Å². The normalized spacial score (nSPS) is 10.9. The molecule has 6 aromatic rings. The molecule has 1 aliphatic carbocycles. The Labute approximate surface area is 195 Å². The highest BCUT2D eigenvalue weighted by Crippen LogP contribution is 2.35. The Hall–Kier alpha value is -4.16. The molecule has 0 atom stereocenters. The summed E-state index contributed by atoms with van der Waals surface area (Å²) in [4.78, 5) is 0. The minimum Gasteiger partial charge on any atom is -0.0619 e. The van der Waals surface area contributed by atoms with Crippen LogP contribution in [0.3, 0.4) is 0 Å². The van der Waals surface area contributed by atoms with E-state index < -0.39 is 0 Å². The highest BCUT2D eigenvalue weighted by atomic mass is 14.2. The lowest BCUT2D eigenvalue weighted by molar-refractivity contribution is 1.26. The van der Waals surface area contributed by atoms with Crippen LogP contribution in [0.2, 0.25) is 0 Å². The molecule has 7 rings (SSSR count). The van der Waals surface area contributed by atoms with Crippen molar-refractivity contribution in [2.45, 2.75) is 6.42 Å². The second-order valence-corrected chi connectivity index (χ2v) is 8.19. The van der Waals surface area contributed by atoms with Crippen molar-refractivity contribution in [1.29, 1.82) is 0 Å². The van der Waals surface area contributed by atoms with Gasteiger partial charge in [-0.3, -0.25) is 0 Å². The summed E-state index contributed by atoms with van der Waals surface area (Å²) in [6, 6.07) is 50.7. The van der Waals surface area contributed by atoms with Crippen molar-refractivity contribution < 1.29 is 0 Å². The van der Waals surface area contributed by atoms with Crippen LogP contribution in [0, 0.1) is 0 Å². The van der Waals surface area contributed by atoms with Crippen molar-refractivity contribution in [2.24, 2.45) is 0 Å². The van der Waals surface area contributed by atoms with Crippen LogP contribution in [0.4, 0.5) is 0 Å². The van der Waals surface area contributed by atoms with E-state index in [0.717, 1.165) is 6.42 Å². The largest absolute Gasteiger partial charge is 0.0619 e. The molecular weight excluding hydrogens is 396 g/mol. The zero-order chi connectivity index (χ0) is 22.3. The Kier molecular flexibility index (Phi) is 6.26. The van der Waals surface area contributed by atoms with E-state index in [2.05, 4.69) is 146 Å². The average molecular weight is 423 g/mol. The Morgan fingerprint density at radius 1 is 0.273 bits per heavy atom. The van der Waals surface area contributed by atoms with Gasteiger partial charge in [0.15, 0.2) is 0 Å². The van der Waals surface area contributed by atoms with Crippen molar-refractivity contribution >= 4 is 21.5 Å². The summed E-state index contributed by atoms with van der Waals surface area (Å²) in [5, 5.41) is 5.24. The third kappa shape index (κ3) is 4.86. The molecule has 0 radical (unpaired) electrons. The van der Waals surface area contributed by atoms with Gasteiger partial charge in [0, 0.05) is 0 Å². The highest BCUT2D eigenvalue weighted by molar-refractivity contribution is 5.82. The minimum atomic E-state index is 1.10. The summed E-state index contributed by atoms with van der Waals surface area (Å²) < 4.78 is 0. The molecular formula is C33H26. The lowest BCUT2D eigenvalue weighted by atomic mass is 10.1. The molecule has 0 saturated carbocycles. The zero-order valence-corrected chi connectivity index (χ0v) is 18.6. The maximum absolute atomic E-state index is 2.22. The lowest BCUT2D eigenvalue weighted by Gasteiger charge is -1.98. The molecule has 0 unspecified atom stereocenters. The molecule has 0 nitrogen and oxygen atoms in total. The van der Waals surface area contributed by atoms with E-state index in [1.54, 1.807) is 0 Å². The summed E-state index contributed by atoms with van der Waals surface area (Å²) in [5.74, 6) is 0. The van der Waals surface area contributed by atoms with Gasteiger partial charge in [0.25, 0.3) is 0 Å². The molecule has 0 aliphatic heterocycles. The Morgan fingerprint density at radius 3 is 0.818 bits per heavy atom. The molecule has 6 aromatic carbocycles. The quantitative estimate of drug-likeness (QED) is 0.229. The van der Waals surface area contributed by atoms with Crippen LogP contribution in [0.5, 0.6) is 0 Å². The second-order valence-electron chi connectivity index (χ2n) is 8.19. The molecule has 0 heteroatoms. The fourth-order valence-corrected chi connectivity index (χ4v) is 4.35. The molecule has 158 valence electrons. The smallest absolute Gasteiger partial charge is 0.00135 e. The fourth-order valence-electron chi connectivity index (χ4n) is 4.35. The third-order valence-corrected chi connectivity index (χ3v) is 6.02. The van der Waals surface area contributed by atoms with Gasteiger partial charge in [-0.15, -0.1) is 0 Å². The van der Waals surface area contributed by atoms with Gasteiger partial charge >= 0.3 is 0 Å². The maximum atomic E-state index is 2.22. The van der Waals surface area contributed by atoms with E-state index in [9.17, 15) is 0 Å². The van der Waals surface area contributed by atoms with Crippen molar-refractivity contribution in [3.8, 4) is 11.1 Å². The highest BCUT2D eigenvalue weighted by Gasteiger charge is 2.15. The summed E-state index contributed by atoms with van der Waals surface area (Å²) in [6.07, 6.45) is 1.10. The first-order valence-corrected chi connectivity index (χ1v) is 11.4. The first-order valence-electron chi connectivity index (χ1n) is 11.4. The summed E-state index contributed by atoms with van der Waals surface area (Å²) in [6.45, 7) is 0. The molecule has 0 heterocycles. The van der Waals surface area contributed by atoms with Crippen LogP contribution in [-0.2, 0) is 6.42 Å². The number of rotatable bonds is 0. The lowest BCUT2D eigenvalue weighted by Crippen LogP contribution is -1.77. The van der Waals surface area contributed by atoms with Gasteiger partial charge in [-0.05, 0) is 50.2 Å². The predicted octanol–water partition coefficient (Wildman–Crippen LogP) is 8.94. The number of hydrogen-bond donors (Lipinski definition) is 0. The van der Waals surface area contributed by atoms with Crippen LogP contribution in [-0.4, -0.2) is 0 Å². The molecule has 0 fully saturated rings. The van der Waals surface area contributed by atoms with E-state index in [1.165, 1.54) is 43.8 Å². The second kappa shape index (κ2) is 9.97. The van der Waals surface area contributed by atoms with Crippen LogP contribution in [0.1, 0.15) is 11.1 Å². The third-order valence-electron chi connectivity index (χ3n) is 6.02. The Morgan fingerprint density at radius 2 is 0.515 bits per heavy atom. The van der Waals surface area contributed by atoms with E-state index in [4.69, 9.17) is 0 Å². The van der Waals surface area contributed by atoms with E-state index in [1.807, 2.05) is 0 Å². The fraction of sp³-hybridized carbons (Fsp3) is 0.0303.